The third-order valence-corrected chi connectivity index (χ3v) is 8.75. The fraction of sp³-hybridized carbons (Fsp3) is 0.364. The number of rotatable bonds is 8. The molecule has 12 heteroatoms. The van der Waals surface area contributed by atoms with E-state index >= 15 is 0 Å². The smallest absolute Gasteiger partial charge is 0.383 e. The number of hydrogen-bond donors (Lipinski definition) is 2. The van der Waals surface area contributed by atoms with Crippen molar-refractivity contribution in [2.24, 2.45) is 5.41 Å². The number of halogens is 4. The van der Waals surface area contributed by atoms with Crippen molar-refractivity contribution >= 4 is 28.2 Å². The molecule has 1 aliphatic rings. The fourth-order valence-corrected chi connectivity index (χ4v) is 6.11. The summed E-state index contributed by atoms with van der Waals surface area (Å²) in [5, 5.41) is 29.7. The zero-order valence-electron chi connectivity index (χ0n) is 25.3. The summed E-state index contributed by atoms with van der Waals surface area (Å²) in [4.78, 5) is 4.47. The predicted octanol–water partition coefficient (Wildman–Crippen LogP) is 7.93. The minimum absolute atomic E-state index is 0.0299. The van der Waals surface area contributed by atoms with E-state index in [1.54, 1.807) is 12.4 Å². The zero-order valence-corrected chi connectivity index (χ0v) is 26.1. The van der Waals surface area contributed by atoms with E-state index in [1.807, 2.05) is 37.3 Å². The quantitative estimate of drug-likeness (QED) is 0.180. The average Bonchev–Trinajstić information content (AvgIpc) is 3.38. The van der Waals surface area contributed by atoms with Crippen LogP contribution in [0.25, 0.3) is 22.0 Å². The summed E-state index contributed by atoms with van der Waals surface area (Å²) < 4.78 is 43.0. The van der Waals surface area contributed by atoms with Gasteiger partial charge in [-0.05, 0) is 66.0 Å². The standard InChI is InChI=1S/C33H32ClF3N8/c1-19-23(22-15-41-42-16-22)6-5-7-24(19)25(28-17-45(44-43-28)32(8-9-32)33(35,36)37)10-20-11-26-29(40-18-31(2,3)4)21(13-38)14-39-30(26)27(34)12-20/h5-7,11-12,14-17,25H,8-10,18H2,1-4H3,(H,39,40)(H,41,42)/t25-/m0/s1. The molecule has 1 aliphatic carbocycles. The van der Waals surface area contributed by atoms with E-state index in [1.165, 1.54) is 12.4 Å². The van der Waals surface area contributed by atoms with Crippen LogP contribution < -0.4 is 5.32 Å². The molecule has 3 heterocycles. The van der Waals surface area contributed by atoms with Gasteiger partial charge in [-0.3, -0.25) is 10.1 Å². The fourth-order valence-electron chi connectivity index (χ4n) is 5.82. The number of alkyl halides is 3. The summed E-state index contributed by atoms with van der Waals surface area (Å²) in [5.74, 6) is -0.457. The van der Waals surface area contributed by atoms with Crippen molar-refractivity contribution in [2.45, 2.75) is 64.6 Å². The first-order chi connectivity index (χ1) is 21.3. The molecular formula is C33H32ClF3N8. The Morgan fingerprint density at radius 2 is 1.96 bits per heavy atom. The number of nitrogens with one attached hydrogen (secondary N) is 2. The average molecular weight is 633 g/mol. The van der Waals surface area contributed by atoms with Crippen LogP contribution >= 0.6 is 11.6 Å². The van der Waals surface area contributed by atoms with Gasteiger partial charge in [-0.15, -0.1) is 5.10 Å². The number of nitriles is 1. The maximum atomic E-state index is 14.0. The number of aromatic amines is 1. The first kappa shape index (κ1) is 30.6. The SMILES string of the molecule is Cc1c(-c2cn[nH]c2)cccc1[C@H](Cc1cc(Cl)c2ncc(C#N)c(NCC(C)(C)C)c2c1)c1cn(C2(C(F)(F)F)CC2)nn1. The first-order valence-electron chi connectivity index (χ1n) is 14.6. The first-order valence-corrected chi connectivity index (χ1v) is 15.0. The van der Waals surface area contributed by atoms with Gasteiger partial charge in [0.25, 0.3) is 0 Å². The Kier molecular flexibility index (Phi) is 7.60. The highest BCUT2D eigenvalue weighted by Gasteiger charge is 2.66. The van der Waals surface area contributed by atoms with Gasteiger partial charge in [0.15, 0.2) is 5.54 Å². The minimum Gasteiger partial charge on any atom is -0.383 e. The van der Waals surface area contributed by atoms with Gasteiger partial charge in [0.2, 0.25) is 0 Å². The summed E-state index contributed by atoms with van der Waals surface area (Å²) in [6, 6.07) is 11.9. The number of anilines is 1. The number of pyridine rings is 1. The summed E-state index contributed by atoms with van der Waals surface area (Å²) in [6.45, 7) is 8.87. The number of H-pyrrole nitrogens is 1. The van der Waals surface area contributed by atoms with Gasteiger partial charge in [-0.25, -0.2) is 4.68 Å². The molecule has 8 nitrogen and oxygen atoms in total. The molecule has 3 aromatic heterocycles. The van der Waals surface area contributed by atoms with Gasteiger partial charge in [0, 0.05) is 35.8 Å². The topological polar surface area (TPSA) is 108 Å². The van der Waals surface area contributed by atoms with E-state index < -0.39 is 17.6 Å². The van der Waals surface area contributed by atoms with Gasteiger partial charge in [-0.1, -0.05) is 55.8 Å². The van der Waals surface area contributed by atoms with Crippen LogP contribution in [0.15, 0.2) is 55.1 Å². The molecule has 0 unspecified atom stereocenters. The third-order valence-electron chi connectivity index (χ3n) is 8.46. The van der Waals surface area contributed by atoms with Crippen molar-refractivity contribution in [1.29, 1.82) is 5.26 Å². The molecule has 0 bridgehead atoms. The van der Waals surface area contributed by atoms with Crippen LogP contribution in [0.1, 0.15) is 67.5 Å². The lowest BCUT2D eigenvalue weighted by molar-refractivity contribution is -0.182. The molecule has 1 fully saturated rings. The number of hydrogen-bond acceptors (Lipinski definition) is 6. The second-order valence-corrected chi connectivity index (χ2v) is 13.3. The highest BCUT2D eigenvalue weighted by atomic mass is 35.5. The van der Waals surface area contributed by atoms with E-state index in [-0.39, 0.29) is 18.3 Å². The zero-order chi connectivity index (χ0) is 32.1. The van der Waals surface area contributed by atoms with E-state index in [0.29, 0.717) is 45.8 Å². The molecule has 0 amide bonds. The van der Waals surface area contributed by atoms with E-state index in [4.69, 9.17) is 11.6 Å². The van der Waals surface area contributed by atoms with Crippen molar-refractivity contribution in [2.75, 3.05) is 11.9 Å². The monoisotopic (exact) mass is 632 g/mol. The molecule has 0 radical (unpaired) electrons. The maximum absolute atomic E-state index is 14.0. The number of benzene rings is 2. The van der Waals surface area contributed by atoms with E-state index in [0.717, 1.165) is 32.5 Å². The van der Waals surface area contributed by atoms with Crippen molar-refractivity contribution in [1.82, 2.24) is 30.2 Å². The minimum atomic E-state index is -4.43. The Hall–Kier alpha value is -4.43. The molecule has 2 N–H and O–H groups in total. The normalized spacial score (nSPS) is 15.2. The molecule has 45 heavy (non-hydrogen) atoms. The second kappa shape index (κ2) is 11.2. The molecule has 2 aromatic carbocycles. The third kappa shape index (κ3) is 5.75. The predicted molar refractivity (Wildman–Crippen MR) is 167 cm³/mol. The molecule has 6 rings (SSSR count). The lowest BCUT2D eigenvalue weighted by Gasteiger charge is -2.22. The van der Waals surface area contributed by atoms with Crippen LogP contribution in [-0.4, -0.2) is 42.9 Å². The Morgan fingerprint density at radius 1 is 1.18 bits per heavy atom. The molecule has 5 aromatic rings. The van der Waals surface area contributed by atoms with Crippen LogP contribution in [0, 0.1) is 23.7 Å². The Bertz CT molecular complexity index is 1910. The maximum Gasteiger partial charge on any atom is 0.413 e. The molecular weight excluding hydrogens is 601 g/mol. The van der Waals surface area contributed by atoms with Crippen LogP contribution in [-0.2, 0) is 12.0 Å². The molecule has 1 saturated carbocycles. The lowest BCUT2D eigenvalue weighted by atomic mass is 9.84. The summed E-state index contributed by atoms with van der Waals surface area (Å²) in [5.41, 5.74) is 4.42. The number of nitrogens with zero attached hydrogens (tertiary/aromatic N) is 6. The number of aromatic nitrogens is 6. The summed E-state index contributed by atoms with van der Waals surface area (Å²) >= 11 is 6.80. The largest absolute Gasteiger partial charge is 0.413 e. The molecule has 0 saturated heterocycles. The Balaban J connectivity index is 1.48. The van der Waals surface area contributed by atoms with Crippen LogP contribution in [0.5, 0.6) is 0 Å². The molecule has 0 spiro atoms. The van der Waals surface area contributed by atoms with Crippen molar-refractivity contribution in [3.63, 3.8) is 0 Å². The van der Waals surface area contributed by atoms with Crippen molar-refractivity contribution in [3.05, 3.63) is 88.1 Å². The molecule has 0 aliphatic heterocycles. The van der Waals surface area contributed by atoms with Crippen LogP contribution in [0.2, 0.25) is 5.02 Å². The van der Waals surface area contributed by atoms with Crippen molar-refractivity contribution in [3.8, 4) is 17.2 Å². The Morgan fingerprint density at radius 3 is 2.60 bits per heavy atom. The highest BCUT2D eigenvalue weighted by molar-refractivity contribution is 6.35. The number of fused-ring (bicyclic) bond motifs is 1. The van der Waals surface area contributed by atoms with Gasteiger partial charge in [-0.2, -0.15) is 23.5 Å². The summed E-state index contributed by atoms with van der Waals surface area (Å²) in [7, 11) is 0. The molecule has 1 atom stereocenters. The van der Waals surface area contributed by atoms with Crippen LogP contribution in [0.3, 0.4) is 0 Å². The van der Waals surface area contributed by atoms with E-state index in [2.05, 4.69) is 57.7 Å². The highest BCUT2D eigenvalue weighted by Crippen LogP contribution is 2.55. The van der Waals surface area contributed by atoms with E-state index in [9.17, 15) is 18.4 Å². The van der Waals surface area contributed by atoms with Gasteiger partial charge in [0.1, 0.15) is 6.07 Å². The summed E-state index contributed by atoms with van der Waals surface area (Å²) in [6.07, 6.45) is 2.34. The Labute approximate surface area is 263 Å². The molecule has 232 valence electrons. The van der Waals surface area contributed by atoms with Gasteiger partial charge < -0.3 is 5.32 Å². The second-order valence-electron chi connectivity index (χ2n) is 12.9. The van der Waals surface area contributed by atoms with Gasteiger partial charge in [0.05, 0.1) is 39.9 Å². The van der Waals surface area contributed by atoms with Crippen molar-refractivity contribution < 1.29 is 13.2 Å². The van der Waals surface area contributed by atoms with Gasteiger partial charge >= 0.3 is 6.18 Å². The lowest BCUT2D eigenvalue weighted by Crippen LogP contribution is -2.35. The van der Waals surface area contributed by atoms with Crippen LogP contribution in [0.4, 0.5) is 18.9 Å².